The molecule has 1 aromatic heterocycles. The number of hydrogen-bond donors (Lipinski definition) is 2. The van der Waals surface area contributed by atoms with Gasteiger partial charge in [-0.1, -0.05) is 30.3 Å². The van der Waals surface area contributed by atoms with Gasteiger partial charge in [-0.15, -0.1) is 0 Å². The lowest BCUT2D eigenvalue weighted by atomic mass is 9.97. The number of aromatic nitrogens is 1. The van der Waals surface area contributed by atoms with Crippen molar-refractivity contribution in [3.8, 4) is 0 Å². The zero-order valence-corrected chi connectivity index (χ0v) is 16.4. The Kier molecular flexibility index (Phi) is 5.59. The second-order valence-corrected chi connectivity index (χ2v) is 7.89. The van der Waals surface area contributed by atoms with Crippen molar-refractivity contribution in [1.82, 2.24) is 10.3 Å². The molecular weight excluding hydrogens is 381 g/mol. The molecular formula is C22H23F3N2O2. The first-order valence-electron chi connectivity index (χ1n) is 9.24. The number of nitrogens with one attached hydrogen (secondary N) is 2. The Morgan fingerprint density at radius 1 is 1.10 bits per heavy atom. The Balaban J connectivity index is 1.94. The largest absolute Gasteiger partial charge is 0.444 e. The van der Waals surface area contributed by atoms with Gasteiger partial charge in [-0.05, 0) is 56.5 Å². The van der Waals surface area contributed by atoms with Crippen LogP contribution in [0.25, 0.3) is 10.9 Å². The second kappa shape index (κ2) is 7.81. The minimum atomic E-state index is -4.47. The number of ether oxygens (including phenoxy) is 1. The van der Waals surface area contributed by atoms with Crippen LogP contribution in [0.2, 0.25) is 0 Å². The van der Waals surface area contributed by atoms with Crippen LogP contribution in [-0.4, -0.2) is 16.7 Å². The zero-order chi connectivity index (χ0) is 21.2. The van der Waals surface area contributed by atoms with Crippen molar-refractivity contribution < 1.29 is 22.7 Å². The summed E-state index contributed by atoms with van der Waals surface area (Å²) in [6, 6.07) is 11.9. The molecule has 3 aromatic rings. The fourth-order valence-electron chi connectivity index (χ4n) is 3.15. The summed E-state index contributed by atoms with van der Waals surface area (Å²) in [5.41, 5.74) is 0.686. The zero-order valence-electron chi connectivity index (χ0n) is 16.4. The molecule has 0 fully saturated rings. The Hall–Kier alpha value is -2.96. The molecule has 0 bridgehead atoms. The van der Waals surface area contributed by atoms with Crippen molar-refractivity contribution >= 4 is 17.0 Å². The van der Waals surface area contributed by atoms with E-state index in [0.29, 0.717) is 12.0 Å². The van der Waals surface area contributed by atoms with Gasteiger partial charge in [-0.2, -0.15) is 13.2 Å². The number of rotatable bonds is 4. The third-order valence-corrected chi connectivity index (χ3v) is 4.41. The van der Waals surface area contributed by atoms with E-state index in [1.165, 1.54) is 6.07 Å². The van der Waals surface area contributed by atoms with Crippen molar-refractivity contribution in [3.05, 3.63) is 71.4 Å². The van der Waals surface area contributed by atoms with E-state index in [9.17, 15) is 18.0 Å². The third kappa shape index (κ3) is 5.31. The van der Waals surface area contributed by atoms with E-state index in [1.54, 1.807) is 26.8 Å². The molecule has 7 heteroatoms. The lowest BCUT2D eigenvalue weighted by molar-refractivity contribution is -0.137. The lowest BCUT2D eigenvalue weighted by Crippen LogP contribution is -2.35. The Bertz CT molecular complexity index is 1000. The number of hydrogen-bond acceptors (Lipinski definition) is 2. The number of fused-ring (bicyclic) bond motifs is 1. The van der Waals surface area contributed by atoms with Crippen LogP contribution in [0, 0.1) is 0 Å². The van der Waals surface area contributed by atoms with E-state index in [4.69, 9.17) is 4.74 Å². The highest BCUT2D eigenvalue weighted by atomic mass is 19.4. The van der Waals surface area contributed by atoms with E-state index < -0.39 is 29.5 Å². The van der Waals surface area contributed by atoms with Gasteiger partial charge in [-0.25, -0.2) is 4.79 Å². The molecule has 0 spiro atoms. The van der Waals surface area contributed by atoms with Crippen LogP contribution in [0.4, 0.5) is 18.0 Å². The lowest BCUT2D eigenvalue weighted by Gasteiger charge is -2.24. The van der Waals surface area contributed by atoms with Gasteiger partial charge in [0.05, 0.1) is 11.6 Å². The number of para-hydroxylation sites is 1. The Morgan fingerprint density at radius 2 is 1.83 bits per heavy atom. The maximum atomic E-state index is 13.2. The van der Waals surface area contributed by atoms with Crippen molar-refractivity contribution in [2.75, 3.05) is 0 Å². The number of carbonyl (C=O) groups is 1. The summed E-state index contributed by atoms with van der Waals surface area (Å²) in [6.45, 7) is 5.18. The van der Waals surface area contributed by atoms with Gasteiger partial charge < -0.3 is 15.0 Å². The number of benzene rings is 2. The third-order valence-electron chi connectivity index (χ3n) is 4.41. The second-order valence-electron chi connectivity index (χ2n) is 7.89. The normalized spacial score (nSPS) is 13.3. The number of carbonyl (C=O) groups excluding carboxylic acids is 1. The van der Waals surface area contributed by atoms with E-state index in [2.05, 4.69) is 10.3 Å². The molecule has 0 aliphatic rings. The molecule has 1 heterocycles. The molecule has 4 nitrogen and oxygen atoms in total. The predicted molar refractivity (Wildman–Crippen MR) is 106 cm³/mol. The summed E-state index contributed by atoms with van der Waals surface area (Å²) in [5.74, 6) is 0. The van der Waals surface area contributed by atoms with Crippen LogP contribution in [0.3, 0.4) is 0 Å². The number of halogens is 3. The average Bonchev–Trinajstić information content (AvgIpc) is 3.02. The smallest absolute Gasteiger partial charge is 0.416 e. The van der Waals surface area contributed by atoms with Gasteiger partial charge in [0.15, 0.2) is 0 Å². The van der Waals surface area contributed by atoms with Gasteiger partial charge >= 0.3 is 12.3 Å². The summed E-state index contributed by atoms with van der Waals surface area (Å²) >= 11 is 0. The minimum absolute atomic E-state index is 0.310. The first kappa shape index (κ1) is 20.8. The Labute approximate surface area is 167 Å². The van der Waals surface area contributed by atoms with Crippen LogP contribution in [0.5, 0.6) is 0 Å². The summed E-state index contributed by atoms with van der Waals surface area (Å²) in [5, 5.41) is 3.68. The number of H-pyrrole nitrogens is 1. The SMILES string of the molecule is CC(C)(C)OC(=O)N[C@H](Cc1c[nH]c2ccccc12)c1cccc(C(F)(F)F)c1. The molecule has 2 aromatic carbocycles. The standard InChI is InChI=1S/C22H23F3N2O2/c1-21(2,3)29-20(28)27-19(14-7-6-8-16(11-14)22(23,24)25)12-15-13-26-18-10-5-4-9-17(15)18/h4-11,13,19,26H,12H2,1-3H3,(H,27,28)/t19-/m1/s1. The van der Waals surface area contributed by atoms with Crippen LogP contribution in [0.1, 0.15) is 43.5 Å². The summed E-state index contributed by atoms with van der Waals surface area (Å²) in [7, 11) is 0. The molecule has 29 heavy (non-hydrogen) atoms. The summed E-state index contributed by atoms with van der Waals surface area (Å²) < 4.78 is 44.9. The molecule has 0 saturated carbocycles. The van der Waals surface area contributed by atoms with Gasteiger partial charge in [0.25, 0.3) is 0 Å². The molecule has 0 radical (unpaired) electrons. The number of amides is 1. The molecule has 3 rings (SSSR count). The van der Waals surface area contributed by atoms with Crippen LogP contribution >= 0.6 is 0 Å². The van der Waals surface area contributed by atoms with E-state index >= 15 is 0 Å². The first-order chi connectivity index (χ1) is 13.5. The van der Waals surface area contributed by atoms with Crippen molar-refractivity contribution in [2.45, 2.75) is 45.0 Å². The van der Waals surface area contributed by atoms with Crippen molar-refractivity contribution in [1.29, 1.82) is 0 Å². The maximum absolute atomic E-state index is 13.2. The highest BCUT2D eigenvalue weighted by Gasteiger charge is 2.31. The molecule has 1 atom stereocenters. The average molecular weight is 404 g/mol. The fourth-order valence-corrected chi connectivity index (χ4v) is 3.15. The van der Waals surface area contributed by atoms with E-state index in [-0.39, 0.29) is 0 Å². The van der Waals surface area contributed by atoms with Crippen LogP contribution in [-0.2, 0) is 17.3 Å². The fraction of sp³-hybridized carbons (Fsp3) is 0.318. The van der Waals surface area contributed by atoms with Crippen LogP contribution < -0.4 is 5.32 Å². The van der Waals surface area contributed by atoms with E-state index in [1.807, 2.05) is 30.5 Å². The van der Waals surface area contributed by atoms with E-state index in [0.717, 1.165) is 28.6 Å². The molecule has 0 aliphatic heterocycles. The van der Waals surface area contributed by atoms with Gasteiger partial charge in [-0.3, -0.25) is 0 Å². The summed E-state index contributed by atoms with van der Waals surface area (Å²) in [4.78, 5) is 15.5. The van der Waals surface area contributed by atoms with Crippen LogP contribution in [0.15, 0.2) is 54.7 Å². The highest BCUT2D eigenvalue weighted by Crippen LogP contribution is 2.32. The predicted octanol–water partition coefficient (Wildman–Crippen LogP) is 6.00. The van der Waals surface area contributed by atoms with Gasteiger partial charge in [0.2, 0.25) is 0 Å². The van der Waals surface area contributed by atoms with Gasteiger partial charge in [0, 0.05) is 17.1 Å². The minimum Gasteiger partial charge on any atom is -0.444 e. The molecule has 0 unspecified atom stereocenters. The molecule has 0 aliphatic carbocycles. The quantitative estimate of drug-likeness (QED) is 0.561. The highest BCUT2D eigenvalue weighted by molar-refractivity contribution is 5.83. The molecule has 154 valence electrons. The Morgan fingerprint density at radius 3 is 2.52 bits per heavy atom. The number of aromatic amines is 1. The molecule has 2 N–H and O–H groups in total. The number of alkyl carbamates (subject to hydrolysis) is 1. The first-order valence-corrected chi connectivity index (χ1v) is 9.24. The topological polar surface area (TPSA) is 54.1 Å². The summed E-state index contributed by atoms with van der Waals surface area (Å²) in [6.07, 6.45) is -3.03. The maximum Gasteiger partial charge on any atom is 0.416 e. The van der Waals surface area contributed by atoms with Gasteiger partial charge in [0.1, 0.15) is 5.60 Å². The monoisotopic (exact) mass is 404 g/mol. The molecule has 1 amide bonds. The number of alkyl halides is 3. The molecule has 0 saturated heterocycles. The van der Waals surface area contributed by atoms with Crippen molar-refractivity contribution in [3.63, 3.8) is 0 Å². The van der Waals surface area contributed by atoms with Crippen molar-refractivity contribution in [2.24, 2.45) is 0 Å².